The number of fused-ring (bicyclic) bond motifs is 2. The van der Waals surface area contributed by atoms with Crippen molar-refractivity contribution in [2.45, 2.75) is 69.4 Å². The Labute approximate surface area is 151 Å². The highest BCUT2D eigenvalue weighted by Gasteiger charge is 2.78. The SMILES string of the molecule is CN1C[C@]23Cc4ccc(O)cc4[C@]2(C)[C@@H](NCCC2CCCCC2)[C@H]13. The fourth-order valence-corrected chi connectivity index (χ4v) is 7.08. The lowest BCUT2D eigenvalue weighted by molar-refractivity contribution is -0.215. The van der Waals surface area contributed by atoms with Crippen LogP contribution in [0.2, 0.25) is 0 Å². The Balaban J connectivity index is 1.35. The molecule has 0 amide bonds. The summed E-state index contributed by atoms with van der Waals surface area (Å²) in [5, 5.41) is 14.0. The fraction of sp³-hybridized carbons (Fsp3) is 0.727. The average Bonchev–Trinajstić information content (AvgIpc) is 2.83. The van der Waals surface area contributed by atoms with Crippen LogP contribution < -0.4 is 5.32 Å². The Hall–Kier alpha value is -1.06. The summed E-state index contributed by atoms with van der Waals surface area (Å²) in [6.45, 7) is 4.81. The van der Waals surface area contributed by atoms with Crippen molar-refractivity contribution in [2.75, 3.05) is 20.1 Å². The highest BCUT2D eigenvalue weighted by atomic mass is 16.3. The minimum atomic E-state index is 0.185. The van der Waals surface area contributed by atoms with Crippen LogP contribution in [0.15, 0.2) is 18.2 Å². The van der Waals surface area contributed by atoms with Gasteiger partial charge in [-0.25, -0.2) is 0 Å². The van der Waals surface area contributed by atoms with Crippen LogP contribution in [0.5, 0.6) is 5.75 Å². The van der Waals surface area contributed by atoms with Crippen molar-refractivity contribution in [1.29, 1.82) is 0 Å². The summed E-state index contributed by atoms with van der Waals surface area (Å²) in [6.07, 6.45) is 9.72. The second-order valence-electron chi connectivity index (χ2n) is 9.46. The van der Waals surface area contributed by atoms with Crippen molar-refractivity contribution < 1.29 is 5.11 Å². The van der Waals surface area contributed by atoms with Gasteiger partial charge in [0.2, 0.25) is 0 Å². The van der Waals surface area contributed by atoms with E-state index in [1.807, 2.05) is 6.07 Å². The lowest BCUT2D eigenvalue weighted by Crippen LogP contribution is -2.89. The number of likely N-dealkylation sites (tertiary alicyclic amines) is 1. The van der Waals surface area contributed by atoms with Crippen LogP contribution in [0, 0.1) is 11.3 Å². The van der Waals surface area contributed by atoms with Crippen LogP contribution in [-0.4, -0.2) is 42.2 Å². The normalized spacial score (nSPS) is 39.9. The number of piperidine rings is 1. The van der Waals surface area contributed by atoms with Crippen LogP contribution in [0.3, 0.4) is 0 Å². The molecule has 0 unspecified atom stereocenters. The van der Waals surface area contributed by atoms with E-state index in [-0.39, 0.29) is 5.41 Å². The van der Waals surface area contributed by atoms with Crippen molar-refractivity contribution in [2.24, 2.45) is 11.3 Å². The third kappa shape index (κ3) is 2.00. The molecule has 3 nitrogen and oxygen atoms in total. The van der Waals surface area contributed by atoms with Gasteiger partial charge in [-0.15, -0.1) is 0 Å². The van der Waals surface area contributed by atoms with Crippen molar-refractivity contribution in [1.82, 2.24) is 10.2 Å². The molecule has 1 saturated heterocycles. The number of phenols is 1. The standard InChI is InChI=1S/C22H32N2O/c1-21-18-12-17(25)9-8-16(18)13-22(21)14-24(2)20(22)19(21)23-11-10-15-6-4-3-5-7-15/h8-9,12,15,19-20,23,25H,3-7,10-11,13-14H2,1-2H3/t19-,20-,21+,22-/m0/s1. The van der Waals surface area contributed by atoms with Gasteiger partial charge >= 0.3 is 0 Å². The predicted molar refractivity (Wildman–Crippen MR) is 101 cm³/mol. The zero-order valence-electron chi connectivity index (χ0n) is 15.7. The zero-order chi connectivity index (χ0) is 17.2. The lowest BCUT2D eigenvalue weighted by atomic mass is 9.40. The quantitative estimate of drug-likeness (QED) is 0.881. The molecular weight excluding hydrogens is 308 g/mol. The number of hydrogen-bond acceptors (Lipinski definition) is 3. The third-order valence-electron chi connectivity index (χ3n) is 8.35. The number of likely N-dealkylation sites (N-methyl/N-ethyl adjacent to an activating group) is 1. The molecule has 3 aliphatic carbocycles. The van der Waals surface area contributed by atoms with Crippen LogP contribution in [0.25, 0.3) is 0 Å². The minimum Gasteiger partial charge on any atom is -0.508 e. The smallest absolute Gasteiger partial charge is 0.115 e. The summed E-state index contributed by atoms with van der Waals surface area (Å²) < 4.78 is 0. The third-order valence-corrected chi connectivity index (χ3v) is 8.35. The summed E-state index contributed by atoms with van der Waals surface area (Å²) in [7, 11) is 2.28. The van der Waals surface area contributed by atoms with Gasteiger partial charge in [0.05, 0.1) is 0 Å². The van der Waals surface area contributed by atoms with Crippen molar-refractivity contribution in [3.05, 3.63) is 29.3 Å². The molecule has 2 saturated carbocycles. The maximum atomic E-state index is 10.1. The summed E-state index contributed by atoms with van der Waals surface area (Å²) >= 11 is 0. The molecular formula is C22H32N2O. The van der Waals surface area contributed by atoms with Gasteiger partial charge in [-0.05, 0) is 55.6 Å². The van der Waals surface area contributed by atoms with Gasteiger partial charge in [0.15, 0.2) is 0 Å². The number of benzene rings is 1. The van der Waals surface area contributed by atoms with Crippen molar-refractivity contribution >= 4 is 0 Å². The predicted octanol–water partition coefficient (Wildman–Crippen LogP) is 3.45. The first-order valence-corrected chi connectivity index (χ1v) is 10.3. The average molecular weight is 341 g/mol. The molecule has 136 valence electrons. The Morgan fingerprint density at radius 2 is 2.04 bits per heavy atom. The summed E-state index contributed by atoms with van der Waals surface area (Å²) in [5.74, 6) is 1.37. The molecule has 1 heterocycles. The van der Waals surface area contributed by atoms with Gasteiger partial charge in [0.1, 0.15) is 5.75 Å². The zero-order valence-corrected chi connectivity index (χ0v) is 15.7. The Morgan fingerprint density at radius 1 is 1.24 bits per heavy atom. The molecule has 25 heavy (non-hydrogen) atoms. The van der Waals surface area contributed by atoms with Gasteiger partial charge in [0.25, 0.3) is 0 Å². The van der Waals surface area contributed by atoms with Gasteiger partial charge < -0.3 is 15.3 Å². The number of rotatable bonds is 4. The molecule has 1 aliphatic heterocycles. The van der Waals surface area contributed by atoms with E-state index in [2.05, 4.69) is 36.3 Å². The van der Waals surface area contributed by atoms with Crippen LogP contribution in [0.1, 0.15) is 56.6 Å². The Morgan fingerprint density at radius 3 is 2.80 bits per heavy atom. The molecule has 4 aliphatic rings. The largest absolute Gasteiger partial charge is 0.508 e. The molecule has 1 aromatic carbocycles. The van der Waals surface area contributed by atoms with Crippen molar-refractivity contribution in [3.63, 3.8) is 0 Å². The molecule has 0 bridgehead atoms. The molecule has 3 heteroatoms. The first-order valence-electron chi connectivity index (χ1n) is 10.3. The number of phenolic OH excluding ortho intramolecular Hbond substituents is 1. The molecule has 3 fully saturated rings. The van der Waals surface area contributed by atoms with Gasteiger partial charge in [-0.2, -0.15) is 0 Å². The van der Waals surface area contributed by atoms with Gasteiger partial charge in [0, 0.05) is 29.5 Å². The second-order valence-corrected chi connectivity index (χ2v) is 9.46. The summed E-state index contributed by atoms with van der Waals surface area (Å²) in [5.41, 5.74) is 3.47. The van der Waals surface area contributed by atoms with Crippen LogP contribution >= 0.6 is 0 Å². The van der Waals surface area contributed by atoms with E-state index in [1.165, 1.54) is 62.6 Å². The highest BCUT2D eigenvalue weighted by molar-refractivity contribution is 5.55. The van der Waals surface area contributed by atoms with Crippen molar-refractivity contribution in [3.8, 4) is 5.75 Å². The lowest BCUT2D eigenvalue weighted by Gasteiger charge is -2.76. The Kier molecular flexibility index (Phi) is 3.53. The number of nitrogens with one attached hydrogen (secondary N) is 1. The molecule has 0 aromatic heterocycles. The highest BCUT2D eigenvalue weighted by Crippen LogP contribution is 2.70. The van der Waals surface area contributed by atoms with E-state index < -0.39 is 0 Å². The maximum absolute atomic E-state index is 10.1. The number of hydrogen-bond donors (Lipinski definition) is 2. The number of aromatic hydroxyl groups is 1. The van der Waals surface area contributed by atoms with E-state index in [9.17, 15) is 5.11 Å². The maximum Gasteiger partial charge on any atom is 0.115 e. The first kappa shape index (κ1) is 16.1. The monoisotopic (exact) mass is 340 g/mol. The summed E-state index contributed by atoms with van der Waals surface area (Å²) in [4.78, 5) is 2.55. The van der Waals surface area contributed by atoms with Gasteiger partial charge in [-0.3, -0.25) is 0 Å². The fourth-order valence-electron chi connectivity index (χ4n) is 7.08. The van der Waals surface area contributed by atoms with E-state index in [0.717, 1.165) is 12.5 Å². The number of nitrogens with zero attached hydrogens (tertiary/aromatic N) is 1. The van der Waals surface area contributed by atoms with E-state index in [1.54, 1.807) is 0 Å². The first-order chi connectivity index (χ1) is 12.1. The molecule has 1 spiro atoms. The second kappa shape index (κ2) is 5.47. The van der Waals surface area contributed by atoms with Gasteiger partial charge in [-0.1, -0.05) is 45.1 Å². The van der Waals surface area contributed by atoms with Crippen LogP contribution in [-0.2, 0) is 11.8 Å². The van der Waals surface area contributed by atoms with E-state index >= 15 is 0 Å². The molecule has 5 rings (SSSR count). The van der Waals surface area contributed by atoms with Crippen LogP contribution in [0.4, 0.5) is 0 Å². The summed E-state index contributed by atoms with van der Waals surface area (Å²) in [6, 6.07) is 7.27. The topological polar surface area (TPSA) is 35.5 Å². The van der Waals surface area contributed by atoms with E-state index in [4.69, 9.17) is 0 Å². The molecule has 1 aromatic rings. The van der Waals surface area contributed by atoms with E-state index in [0.29, 0.717) is 23.2 Å². The molecule has 2 N–H and O–H groups in total. The minimum absolute atomic E-state index is 0.185. The Bertz CT molecular complexity index is 683. The molecule has 4 atom stereocenters. The molecule has 0 radical (unpaired) electrons.